The molecule has 0 nitrogen and oxygen atoms in total. The molecule has 0 bridgehead atoms. The third-order valence-corrected chi connectivity index (χ3v) is 1.94. The lowest BCUT2D eigenvalue weighted by Crippen LogP contribution is -2.04. The Morgan fingerprint density at radius 1 is 1.50 bits per heavy atom. The van der Waals surface area contributed by atoms with Crippen LogP contribution in [0.1, 0.15) is 27.2 Å². The highest BCUT2D eigenvalue weighted by Crippen LogP contribution is 2.18. The van der Waals surface area contributed by atoms with Crippen molar-refractivity contribution in [3.63, 3.8) is 0 Å². The highest BCUT2D eigenvalue weighted by atomic mass is 14.1. The van der Waals surface area contributed by atoms with E-state index in [4.69, 9.17) is 0 Å². The van der Waals surface area contributed by atoms with Crippen molar-refractivity contribution in [1.82, 2.24) is 0 Å². The molecule has 0 heteroatoms. The Morgan fingerprint density at radius 3 is 2.30 bits per heavy atom. The van der Waals surface area contributed by atoms with Gasteiger partial charge in [0.05, 0.1) is 0 Å². The zero-order valence-corrected chi connectivity index (χ0v) is 7.35. The van der Waals surface area contributed by atoms with Gasteiger partial charge in [0.15, 0.2) is 0 Å². The van der Waals surface area contributed by atoms with Gasteiger partial charge in [-0.2, -0.15) is 0 Å². The van der Waals surface area contributed by atoms with Crippen molar-refractivity contribution >= 4 is 0 Å². The third-order valence-electron chi connectivity index (χ3n) is 1.94. The lowest BCUT2D eigenvalue weighted by molar-refractivity contribution is 0.457. The topological polar surface area (TPSA) is 0 Å². The Bertz CT molecular complexity index is 122. The molecule has 0 rings (SSSR count). The third kappa shape index (κ3) is 3.49. The molecule has 0 aromatic carbocycles. The fourth-order valence-corrected chi connectivity index (χ4v) is 0.968. The smallest absolute Gasteiger partial charge is 0.0236 e. The van der Waals surface area contributed by atoms with Gasteiger partial charge in [0.2, 0.25) is 0 Å². The molecule has 10 heavy (non-hydrogen) atoms. The maximum absolute atomic E-state index is 3.88. The fraction of sp³-hybridized carbons (Fsp3) is 0.600. The van der Waals surface area contributed by atoms with E-state index in [1.807, 2.05) is 6.08 Å². The van der Waals surface area contributed by atoms with E-state index in [-0.39, 0.29) is 0 Å². The molecule has 0 aliphatic heterocycles. The summed E-state index contributed by atoms with van der Waals surface area (Å²) in [6.45, 7) is 14.1. The van der Waals surface area contributed by atoms with E-state index in [0.29, 0.717) is 11.8 Å². The van der Waals surface area contributed by atoms with E-state index in [0.717, 1.165) is 6.42 Å². The molecule has 0 amide bonds. The molecular formula is C10H18. The van der Waals surface area contributed by atoms with E-state index in [1.165, 1.54) is 5.57 Å². The van der Waals surface area contributed by atoms with Gasteiger partial charge in [0.25, 0.3) is 0 Å². The summed E-state index contributed by atoms with van der Waals surface area (Å²) >= 11 is 0. The summed E-state index contributed by atoms with van der Waals surface area (Å²) < 4.78 is 0. The second kappa shape index (κ2) is 4.32. The molecule has 0 saturated heterocycles. The average Bonchev–Trinajstić information content (AvgIpc) is 1.85. The van der Waals surface area contributed by atoms with Gasteiger partial charge in [-0.1, -0.05) is 25.5 Å². The van der Waals surface area contributed by atoms with Crippen LogP contribution in [0.25, 0.3) is 0 Å². The highest BCUT2D eigenvalue weighted by molar-refractivity contribution is 4.92. The van der Waals surface area contributed by atoms with Crippen molar-refractivity contribution in [1.29, 1.82) is 0 Å². The zero-order valence-electron chi connectivity index (χ0n) is 7.35. The van der Waals surface area contributed by atoms with Crippen molar-refractivity contribution in [2.45, 2.75) is 27.2 Å². The van der Waals surface area contributed by atoms with Crippen LogP contribution >= 0.6 is 0 Å². The van der Waals surface area contributed by atoms with Gasteiger partial charge < -0.3 is 0 Å². The Labute approximate surface area is 64.6 Å². The lowest BCUT2D eigenvalue weighted by Gasteiger charge is -2.15. The molecule has 58 valence electrons. The van der Waals surface area contributed by atoms with Crippen LogP contribution in [0.5, 0.6) is 0 Å². The summed E-state index contributed by atoms with van der Waals surface area (Å²) in [5.41, 5.74) is 1.27. The van der Waals surface area contributed by atoms with Crippen LogP contribution in [0, 0.1) is 11.8 Å². The summed E-state index contributed by atoms with van der Waals surface area (Å²) in [5.74, 6) is 1.30. The molecule has 0 aliphatic rings. The molecule has 2 atom stereocenters. The van der Waals surface area contributed by atoms with Gasteiger partial charge in [-0.05, 0) is 25.2 Å². The van der Waals surface area contributed by atoms with E-state index in [2.05, 4.69) is 33.9 Å². The molecule has 0 radical (unpaired) electrons. The molecule has 2 unspecified atom stereocenters. The highest BCUT2D eigenvalue weighted by Gasteiger charge is 2.07. The molecule has 0 fully saturated rings. The summed E-state index contributed by atoms with van der Waals surface area (Å²) in [4.78, 5) is 0. The minimum atomic E-state index is 0.608. The molecule has 0 aromatic rings. The van der Waals surface area contributed by atoms with E-state index >= 15 is 0 Å². The van der Waals surface area contributed by atoms with Gasteiger partial charge in [0.1, 0.15) is 0 Å². The average molecular weight is 138 g/mol. The summed E-state index contributed by atoms with van der Waals surface area (Å²) in [6.07, 6.45) is 3.13. The SMILES string of the molecule is C=CC(C)C(C)CC(=C)C. The number of hydrogen-bond donors (Lipinski definition) is 0. The van der Waals surface area contributed by atoms with Gasteiger partial charge in [-0.25, -0.2) is 0 Å². The van der Waals surface area contributed by atoms with E-state index < -0.39 is 0 Å². The maximum atomic E-state index is 3.88. The molecule has 0 saturated carbocycles. The maximum Gasteiger partial charge on any atom is -0.0236 e. The first-order chi connectivity index (χ1) is 4.57. The monoisotopic (exact) mass is 138 g/mol. The van der Waals surface area contributed by atoms with Gasteiger partial charge in [-0.3, -0.25) is 0 Å². The minimum Gasteiger partial charge on any atom is -0.103 e. The Kier molecular flexibility index (Phi) is 4.10. The van der Waals surface area contributed by atoms with Crippen LogP contribution in [-0.4, -0.2) is 0 Å². The molecule has 0 heterocycles. The first-order valence-corrected chi connectivity index (χ1v) is 3.84. The molecule has 0 N–H and O–H groups in total. The van der Waals surface area contributed by atoms with Crippen LogP contribution in [0.2, 0.25) is 0 Å². The number of allylic oxidation sites excluding steroid dienone is 2. The van der Waals surface area contributed by atoms with Crippen LogP contribution in [0.15, 0.2) is 24.8 Å². The van der Waals surface area contributed by atoms with Crippen LogP contribution in [-0.2, 0) is 0 Å². The first kappa shape index (κ1) is 9.48. The molecule has 0 aromatic heterocycles. The van der Waals surface area contributed by atoms with Crippen LogP contribution in [0.4, 0.5) is 0 Å². The van der Waals surface area contributed by atoms with Crippen molar-refractivity contribution in [3.8, 4) is 0 Å². The summed E-state index contributed by atoms with van der Waals surface area (Å²) in [5, 5.41) is 0. The lowest BCUT2D eigenvalue weighted by atomic mass is 9.91. The molecular weight excluding hydrogens is 120 g/mol. The second-order valence-corrected chi connectivity index (χ2v) is 3.23. The second-order valence-electron chi connectivity index (χ2n) is 3.23. The predicted molar refractivity (Wildman–Crippen MR) is 48.0 cm³/mol. The van der Waals surface area contributed by atoms with Crippen molar-refractivity contribution in [3.05, 3.63) is 24.8 Å². The zero-order chi connectivity index (χ0) is 8.15. The van der Waals surface area contributed by atoms with E-state index in [9.17, 15) is 0 Å². The normalized spacial score (nSPS) is 15.9. The number of rotatable bonds is 4. The van der Waals surface area contributed by atoms with Crippen LogP contribution < -0.4 is 0 Å². The minimum absolute atomic E-state index is 0.608. The van der Waals surface area contributed by atoms with Gasteiger partial charge in [-0.15, -0.1) is 13.2 Å². The fourth-order valence-electron chi connectivity index (χ4n) is 0.968. The van der Waals surface area contributed by atoms with E-state index in [1.54, 1.807) is 0 Å². The predicted octanol–water partition coefficient (Wildman–Crippen LogP) is 3.41. The van der Waals surface area contributed by atoms with Crippen molar-refractivity contribution in [2.24, 2.45) is 11.8 Å². The van der Waals surface area contributed by atoms with Crippen molar-refractivity contribution in [2.75, 3.05) is 0 Å². The quantitative estimate of drug-likeness (QED) is 0.522. The Morgan fingerprint density at radius 2 is 2.00 bits per heavy atom. The van der Waals surface area contributed by atoms with Gasteiger partial charge in [0, 0.05) is 0 Å². The molecule has 0 aliphatic carbocycles. The molecule has 0 spiro atoms. The standard InChI is InChI=1S/C10H18/c1-6-9(4)10(5)7-8(2)3/h6,9-10H,1-2,7H2,3-5H3. The Balaban J connectivity index is 3.71. The van der Waals surface area contributed by atoms with Crippen molar-refractivity contribution < 1.29 is 0 Å². The number of hydrogen-bond acceptors (Lipinski definition) is 0. The summed E-state index contributed by atoms with van der Waals surface area (Å²) in [6, 6.07) is 0. The Hall–Kier alpha value is -0.520. The summed E-state index contributed by atoms with van der Waals surface area (Å²) in [7, 11) is 0. The van der Waals surface area contributed by atoms with Crippen LogP contribution in [0.3, 0.4) is 0 Å². The van der Waals surface area contributed by atoms with Gasteiger partial charge >= 0.3 is 0 Å². The largest absolute Gasteiger partial charge is 0.103 e. The first-order valence-electron chi connectivity index (χ1n) is 3.84.